The van der Waals surface area contributed by atoms with E-state index in [0.29, 0.717) is 11.5 Å². The summed E-state index contributed by atoms with van der Waals surface area (Å²) in [6, 6.07) is 0.0457. The number of aryl methyl sites for hydroxylation is 2. The van der Waals surface area contributed by atoms with E-state index in [1.54, 1.807) is 12.4 Å². The number of imidazole rings is 1. The molecule has 0 unspecified atom stereocenters. The van der Waals surface area contributed by atoms with Gasteiger partial charge in [0, 0.05) is 38.1 Å². The van der Waals surface area contributed by atoms with Crippen molar-refractivity contribution >= 4 is 5.91 Å². The number of carbonyl (C=O) groups is 1. The summed E-state index contributed by atoms with van der Waals surface area (Å²) < 4.78 is 2.03. The maximum absolute atomic E-state index is 12.9. The summed E-state index contributed by atoms with van der Waals surface area (Å²) in [5, 5.41) is 0. The van der Waals surface area contributed by atoms with E-state index in [1.807, 2.05) is 29.6 Å². The van der Waals surface area contributed by atoms with Crippen molar-refractivity contribution in [3.8, 4) is 0 Å². The van der Waals surface area contributed by atoms with Gasteiger partial charge in [-0.3, -0.25) is 4.79 Å². The molecule has 0 spiro atoms. The van der Waals surface area contributed by atoms with Crippen molar-refractivity contribution in [2.45, 2.75) is 44.6 Å². The maximum atomic E-state index is 12.9. The second-order valence-corrected chi connectivity index (χ2v) is 6.61. The predicted molar refractivity (Wildman–Crippen MR) is 85.0 cm³/mol. The largest absolute Gasteiger partial charge is 0.336 e. The molecule has 1 aliphatic carbocycles. The Morgan fingerprint density at radius 2 is 1.96 bits per heavy atom. The molecule has 1 amide bonds. The number of hydrogen-bond donors (Lipinski definition) is 0. The van der Waals surface area contributed by atoms with Gasteiger partial charge in [0.25, 0.3) is 5.91 Å². The summed E-state index contributed by atoms with van der Waals surface area (Å²) in [5.74, 6) is 2.35. The average Bonchev–Trinajstić information content (AvgIpc) is 3.19. The van der Waals surface area contributed by atoms with E-state index in [-0.39, 0.29) is 11.9 Å². The fourth-order valence-corrected chi connectivity index (χ4v) is 3.39. The third kappa shape index (κ3) is 2.62. The minimum Gasteiger partial charge on any atom is -0.336 e. The molecular formula is C17H21N5O. The van der Waals surface area contributed by atoms with E-state index >= 15 is 0 Å². The predicted octanol–water partition coefficient (Wildman–Crippen LogP) is 2.37. The van der Waals surface area contributed by atoms with Gasteiger partial charge < -0.3 is 9.47 Å². The van der Waals surface area contributed by atoms with Crippen molar-refractivity contribution in [1.82, 2.24) is 24.4 Å². The zero-order valence-electron chi connectivity index (χ0n) is 13.6. The number of likely N-dealkylation sites (tertiary alicyclic amines) is 1. The Balaban J connectivity index is 1.57. The van der Waals surface area contributed by atoms with Crippen LogP contribution in [0.3, 0.4) is 0 Å². The van der Waals surface area contributed by atoms with Gasteiger partial charge >= 0.3 is 0 Å². The van der Waals surface area contributed by atoms with Gasteiger partial charge in [-0.15, -0.1) is 0 Å². The number of carbonyl (C=O) groups excluding carboxylic acids is 1. The lowest BCUT2D eigenvalue weighted by molar-refractivity contribution is 0.0727. The molecule has 1 aliphatic heterocycles. The number of aromatic nitrogens is 4. The van der Waals surface area contributed by atoms with Crippen LogP contribution in [0, 0.1) is 6.92 Å². The van der Waals surface area contributed by atoms with Crippen LogP contribution in [0.1, 0.15) is 65.3 Å². The molecule has 2 aromatic rings. The number of nitrogens with zero attached hydrogens (tertiary/aromatic N) is 5. The molecular weight excluding hydrogens is 290 g/mol. The minimum absolute atomic E-state index is 0.00972. The zero-order valence-corrected chi connectivity index (χ0v) is 13.6. The molecule has 120 valence electrons. The highest BCUT2D eigenvalue weighted by Gasteiger charge is 2.34. The average molecular weight is 311 g/mol. The molecule has 3 heterocycles. The normalized spacial score (nSPS) is 21.0. The number of amides is 1. The quantitative estimate of drug-likeness (QED) is 0.873. The molecule has 0 radical (unpaired) electrons. The van der Waals surface area contributed by atoms with Crippen LogP contribution in [0.15, 0.2) is 18.6 Å². The highest BCUT2D eigenvalue weighted by molar-refractivity contribution is 5.94. The molecule has 23 heavy (non-hydrogen) atoms. The van der Waals surface area contributed by atoms with Crippen LogP contribution in [0.5, 0.6) is 0 Å². The molecule has 2 aromatic heterocycles. The lowest BCUT2D eigenvalue weighted by Crippen LogP contribution is -2.32. The molecule has 6 nitrogen and oxygen atoms in total. The van der Waals surface area contributed by atoms with E-state index in [9.17, 15) is 4.79 Å². The van der Waals surface area contributed by atoms with E-state index in [4.69, 9.17) is 0 Å². The Bertz CT molecular complexity index is 732. The Morgan fingerprint density at radius 3 is 2.57 bits per heavy atom. The molecule has 2 aliphatic rings. The fourth-order valence-electron chi connectivity index (χ4n) is 3.39. The molecule has 6 heteroatoms. The first-order valence-corrected chi connectivity index (χ1v) is 8.26. The van der Waals surface area contributed by atoms with E-state index in [2.05, 4.69) is 15.0 Å². The van der Waals surface area contributed by atoms with Crippen LogP contribution in [-0.4, -0.2) is 36.9 Å². The minimum atomic E-state index is 0.00972. The lowest BCUT2D eigenvalue weighted by atomic mass is 10.2. The van der Waals surface area contributed by atoms with Crippen LogP contribution in [0.4, 0.5) is 0 Å². The first-order chi connectivity index (χ1) is 11.1. The van der Waals surface area contributed by atoms with Crippen molar-refractivity contribution in [2.75, 3.05) is 6.54 Å². The molecule has 0 aromatic carbocycles. The Hall–Kier alpha value is -2.24. The van der Waals surface area contributed by atoms with Crippen molar-refractivity contribution in [1.29, 1.82) is 0 Å². The summed E-state index contributed by atoms with van der Waals surface area (Å²) in [7, 11) is 1.99. The van der Waals surface area contributed by atoms with Crippen LogP contribution in [-0.2, 0) is 7.05 Å². The van der Waals surface area contributed by atoms with Crippen molar-refractivity contribution in [3.05, 3.63) is 41.5 Å². The first-order valence-electron chi connectivity index (χ1n) is 8.26. The van der Waals surface area contributed by atoms with Crippen LogP contribution in [0.2, 0.25) is 0 Å². The van der Waals surface area contributed by atoms with E-state index in [0.717, 1.165) is 36.7 Å². The third-order valence-electron chi connectivity index (χ3n) is 4.71. The third-order valence-corrected chi connectivity index (χ3v) is 4.71. The Morgan fingerprint density at radius 1 is 1.22 bits per heavy atom. The Kier molecular flexibility index (Phi) is 3.39. The SMILES string of the molecule is Cc1cn(C)c([C@@H]2CCCN2C(=O)c2cnc(C3CC3)nc2)n1. The standard InChI is InChI=1S/C17H21N5O/c1-11-10-21(2)16(20-11)14-4-3-7-22(14)17(23)13-8-18-15(19-9-13)12-5-6-12/h8-10,12,14H,3-7H2,1-2H3/t14-/m0/s1. The molecule has 2 fully saturated rings. The molecule has 1 saturated carbocycles. The van der Waals surface area contributed by atoms with E-state index in [1.165, 1.54) is 12.8 Å². The number of rotatable bonds is 3. The summed E-state index contributed by atoms with van der Waals surface area (Å²) in [5.41, 5.74) is 1.56. The fraction of sp³-hybridized carbons (Fsp3) is 0.529. The highest BCUT2D eigenvalue weighted by atomic mass is 16.2. The monoisotopic (exact) mass is 311 g/mol. The summed E-state index contributed by atoms with van der Waals surface area (Å²) in [6.45, 7) is 2.74. The van der Waals surface area contributed by atoms with Crippen molar-refractivity contribution in [3.63, 3.8) is 0 Å². The van der Waals surface area contributed by atoms with Gasteiger partial charge in [-0.1, -0.05) is 0 Å². The van der Waals surface area contributed by atoms with Gasteiger partial charge in [-0.2, -0.15) is 0 Å². The second kappa shape index (κ2) is 5.44. The molecule has 1 saturated heterocycles. The van der Waals surface area contributed by atoms with Gasteiger partial charge in [-0.05, 0) is 32.6 Å². The molecule has 4 rings (SSSR count). The van der Waals surface area contributed by atoms with E-state index < -0.39 is 0 Å². The topological polar surface area (TPSA) is 63.9 Å². The van der Waals surface area contributed by atoms with Gasteiger partial charge in [0.05, 0.1) is 17.3 Å². The van der Waals surface area contributed by atoms with Crippen LogP contribution >= 0.6 is 0 Å². The van der Waals surface area contributed by atoms with Crippen molar-refractivity contribution in [2.24, 2.45) is 7.05 Å². The molecule has 1 atom stereocenters. The second-order valence-electron chi connectivity index (χ2n) is 6.61. The van der Waals surface area contributed by atoms with Gasteiger partial charge in [0.1, 0.15) is 11.6 Å². The Labute approximate surface area is 135 Å². The molecule has 0 bridgehead atoms. The summed E-state index contributed by atoms with van der Waals surface area (Å²) >= 11 is 0. The van der Waals surface area contributed by atoms with Crippen LogP contribution < -0.4 is 0 Å². The van der Waals surface area contributed by atoms with Gasteiger partial charge in [-0.25, -0.2) is 15.0 Å². The van der Waals surface area contributed by atoms with Gasteiger partial charge in [0.15, 0.2) is 0 Å². The zero-order chi connectivity index (χ0) is 16.0. The lowest BCUT2D eigenvalue weighted by Gasteiger charge is -2.24. The smallest absolute Gasteiger partial charge is 0.257 e. The van der Waals surface area contributed by atoms with Crippen LogP contribution in [0.25, 0.3) is 0 Å². The number of hydrogen-bond acceptors (Lipinski definition) is 4. The summed E-state index contributed by atoms with van der Waals surface area (Å²) in [4.78, 5) is 28.1. The maximum Gasteiger partial charge on any atom is 0.257 e. The molecule has 0 N–H and O–H groups in total. The summed E-state index contributed by atoms with van der Waals surface area (Å²) in [6.07, 6.45) is 9.66. The van der Waals surface area contributed by atoms with Crippen molar-refractivity contribution < 1.29 is 4.79 Å². The first kappa shape index (κ1) is 14.4. The van der Waals surface area contributed by atoms with Gasteiger partial charge in [0.2, 0.25) is 0 Å². The highest BCUT2D eigenvalue weighted by Crippen LogP contribution is 2.38.